The van der Waals surface area contributed by atoms with Crippen LogP contribution in [0.3, 0.4) is 0 Å². The molecular weight excluding hydrogens is 362 g/mol. The number of anilines is 1. The summed E-state index contributed by atoms with van der Waals surface area (Å²) in [5.74, 6) is 0.265. The normalized spacial score (nSPS) is 23.6. The van der Waals surface area contributed by atoms with E-state index in [1.165, 1.54) is 10.6 Å². The highest BCUT2D eigenvalue weighted by molar-refractivity contribution is 7.88. The molecule has 0 radical (unpaired) electrons. The Morgan fingerprint density at radius 3 is 2.76 bits per heavy atom. The van der Waals surface area contributed by atoms with E-state index >= 15 is 0 Å². The van der Waals surface area contributed by atoms with Crippen LogP contribution in [0.1, 0.15) is 36.8 Å². The number of sulfonamides is 1. The minimum Gasteiger partial charge on any atom is -0.327 e. The van der Waals surface area contributed by atoms with E-state index in [4.69, 9.17) is 5.73 Å². The minimum absolute atomic E-state index is 0. The highest BCUT2D eigenvalue weighted by atomic mass is 35.5. The van der Waals surface area contributed by atoms with Crippen molar-refractivity contribution in [2.45, 2.75) is 44.7 Å². The maximum atomic E-state index is 12.4. The third-order valence-electron chi connectivity index (χ3n) is 5.14. The standard InChI is InChI=1S/C17H25N3O3S.ClH/c1-24(22,23)20-9-8-14-13(11-20)5-3-7-16(14)19-17(21)10-12-4-2-6-15(12)18;/h3,5,7,12,15H,2,4,6,8-11,18H2,1H3,(H,19,21);1H/t12-,15+;/m0./s1. The van der Waals surface area contributed by atoms with Crippen molar-refractivity contribution in [1.82, 2.24) is 4.31 Å². The van der Waals surface area contributed by atoms with Crippen molar-refractivity contribution in [2.24, 2.45) is 11.7 Å². The van der Waals surface area contributed by atoms with Crippen LogP contribution in [0.2, 0.25) is 0 Å². The van der Waals surface area contributed by atoms with E-state index < -0.39 is 10.0 Å². The quantitative estimate of drug-likeness (QED) is 0.824. The number of amides is 1. The lowest BCUT2D eigenvalue weighted by atomic mass is 9.97. The van der Waals surface area contributed by atoms with Crippen molar-refractivity contribution in [1.29, 1.82) is 0 Å². The Labute approximate surface area is 155 Å². The van der Waals surface area contributed by atoms with Crippen molar-refractivity contribution in [3.63, 3.8) is 0 Å². The Bertz CT molecular complexity index is 739. The number of nitrogens with zero attached hydrogens (tertiary/aromatic N) is 1. The maximum Gasteiger partial charge on any atom is 0.224 e. The number of hydrogen-bond donors (Lipinski definition) is 2. The van der Waals surface area contributed by atoms with E-state index in [1.54, 1.807) is 0 Å². The molecule has 1 saturated carbocycles. The number of carbonyl (C=O) groups is 1. The van der Waals surface area contributed by atoms with Gasteiger partial charge in [-0.25, -0.2) is 8.42 Å². The van der Waals surface area contributed by atoms with Gasteiger partial charge in [-0.2, -0.15) is 4.31 Å². The van der Waals surface area contributed by atoms with Crippen LogP contribution in [0, 0.1) is 5.92 Å². The van der Waals surface area contributed by atoms with Gasteiger partial charge in [-0.1, -0.05) is 18.6 Å². The summed E-state index contributed by atoms with van der Waals surface area (Å²) < 4.78 is 24.9. The molecule has 25 heavy (non-hydrogen) atoms. The van der Waals surface area contributed by atoms with Gasteiger partial charge in [0.2, 0.25) is 15.9 Å². The predicted octanol–water partition coefficient (Wildman–Crippen LogP) is 1.88. The van der Waals surface area contributed by atoms with Gasteiger partial charge in [-0.15, -0.1) is 12.4 Å². The van der Waals surface area contributed by atoms with Crippen LogP contribution >= 0.6 is 12.4 Å². The molecular formula is C17H26ClN3O3S. The predicted molar refractivity (Wildman–Crippen MR) is 101 cm³/mol. The number of fused-ring (bicyclic) bond motifs is 1. The number of benzene rings is 1. The topological polar surface area (TPSA) is 92.5 Å². The number of carbonyl (C=O) groups excluding carboxylic acids is 1. The van der Waals surface area contributed by atoms with Gasteiger partial charge in [-0.3, -0.25) is 4.79 Å². The molecule has 1 heterocycles. The van der Waals surface area contributed by atoms with E-state index in [1.807, 2.05) is 18.2 Å². The van der Waals surface area contributed by atoms with Crippen LogP contribution in [0.25, 0.3) is 0 Å². The van der Waals surface area contributed by atoms with Gasteiger partial charge in [0.1, 0.15) is 0 Å². The molecule has 2 aliphatic rings. The molecule has 8 heteroatoms. The molecule has 0 bridgehead atoms. The third kappa shape index (κ3) is 4.73. The molecule has 140 valence electrons. The van der Waals surface area contributed by atoms with E-state index in [2.05, 4.69) is 5.32 Å². The summed E-state index contributed by atoms with van der Waals surface area (Å²) in [6.07, 6.45) is 5.42. The van der Waals surface area contributed by atoms with Crippen LogP contribution in [-0.2, 0) is 27.8 Å². The summed E-state index contributed by atoms with van der Waals surface area (Å²) in [5, 5.41) is 3.01. The molecule has 1 aliphatic heterocycles. The molecule has 1 aromatic rings. The summed E-state index contributed by atoms with van der Waals surface area (Å²) in [6, 6.07) is 5.81. The van der Waals surface area contributed by atoms with Gasteiger partial charge >= 0.3 is 0 Å². The average Bonchev–Trinajstić information content (AvgIpc) is 2.91. The van der Waals surface area contributed by atoms with Gasteiger partial charge < -0.3 is 11.1 Å². The van der Waals surface area contributed by atoms with E-state index in [-0.39, 0.29) is 30.3 Å². The number of hydrogen-bond acceptors (Lipinski definition) is 4. The van der Waals surface area contributed by atoms with Crippen molar-refractivity contribution in [3.05, 3.63) is 29.3 Å². The summed E-state index contributed by atoms with van der Waals surface area (Å²) in [5.41, 5.74) is 8.85. The number of rotatable bonds is 4. The van der Waals surface area contributed by atoms with E-state index in [0.29, 0.717) is 25.9 Å². The zero-order valence-electron chi connectivity index (χ0n) is 14.4. The van der Waals surface area contributed by atoms with Crippen LogP contribution < -0.4 is 11.1 Å². The Morgan fingerprint density at radius 2 is 2.12 bits per heavy atom. The summed E-state index contributed by atoms with van der Waals surface area (Å²) >= 11 is 0. The molecule has 2 atom stereocenters. The minimum atomic E-state index is -3.19. The molecule has 1 aliphatic carbocycles. The fourth-order valence-corrected chi connectivity index (χ4v) is 4.54. The SMILES string of the molecule is CS(=O)(=O)N1CCc2c(cccc2NC(=O)C[C@@H]2CCC[C@H]2N)C1.Cl. The lowest BCUT2D eigenvalue weighted by Gasteiger charge is -2.28. The molecule has 0 saturated heterocycles. The average molecular weight is 388 g/mol. The Morgan fingerprint density at radius 1 is 1.36 bits per heavy atom. The molecule has 3 rings (SSSR count). The number of nitrogens with one attached hydrogen (secondary N) is 1. The molecule has 0 spiro atoms. The summed E-state index contributed by atoms with van der Waals surface area (Å²) in [7, 11) is -3.19. The zero-order valence-corrected chi connectivity index (χ0v) is 16.0. The second kappa shape index (κ2) is 8.03. The van der Waals surface area contributed by atoms with Gasteiger partial charge in [0, 0.05) is 31.2 Å². The molecule has 0 unspecified atom stereocenters. The Hall–Kier alpha value is -1.15. The molecule has 1 aromatic carbocycles. The molecule has 1 amide bonds. The first-order chi connectivity index (χ1) is 11.3. The molecule has 0 aromatic heterocycles. The van der Waals surface area contributed by atoms with Crippen molar-refractivity contribution in [3.8, 4) is 0 Å². The summed E-state index contributed by atoms with van der Waals surface area (Å²) in [6.45, 7) is 0.817. The first-order valence-electron chi connectivity index (χ1n) is 8.46. The first kappa shape index (κ1) is 20.2. The smallest absolute Gasteiger partial charge is 0.224 e. The van der Waals surface area contributed by atoms with Gasteiger partial charge in [0.25, 0.3) is 0 Å². The molecule has 3 N–H and O–H groups in total. The fourth-order valence-electron chi connectivity index (χ4n) is 3.74. The van der Waals surface area contributed by atoms with Crippen LogP contribution in [0.5, 0.6) is 0 Å². The van der Waals surface area contributed by atoms with Crippen molar-refractivity contribution < 1.29 is 13.2 Å². The number of nitrogens with two attached hydrogens (primary N) is 1. The molecule has 6 nitrogen and oxygen atoms in total. The maximum absolute atomic E-state index is 12.4. The van der Waals surface area contributed by atoms with E-state index in [0.717, 1.165) is 36.1 Å². The van der Waals surface area contributed by atoms with E-state index in [9.17, 15) is 13.2 Å². The lowest BCUT2D eigenvalue weighted by molar-refractivity contribution is -0.117. The highest BCUT2D eigenvalue weighted by Gasteiger charge is 2.27. The largest absolute Gasteiger partial charge is 0.327 e. The fraction of sp³-hybridized carbons (Fsp3) is 0.588. The summed E-state index contributed by atoms with van der Waals surface area (Å²) in [4.78, 5) is 12.4. The Balaban J connectivity index is 0.00000225. The third-order valence-corrected chi connectivity index (χ3v) is 6.39. The number of halogens is 1. The first-order valence-corrected chi connectivity index (χ1v) is 10.3. The van der Waals surface area contributed by atoms with Crippen LogP contribution in [0.4, 0.5) is 5.69 Å². The van der Waals surface area contributed by atoms with Crippen LogP contribution in [0.15, 0.2) is 18.2 Å². The van der Waals surface area contributed by atoms with Gasteiger partial charge in [0.15, 0.2) is 0 Å². The van der Waals surface area contributed by atoms with Crippen molar-refractivity contribution in [2.75, 3.05) is 18.1 Å². The van der Waals surface area contributed by atoms with Gasteiger partial charge in [-0.05, 0) is 42.4 Å². The molecule has 1 fully saturated rings. The van der Waals surface area contributed by atoms with Crippen LogP contribution in [-0.4, -0.2) is 37.5 Å². The Kier molecular flexibility index (Phi) is 6.48. The zero-order chi connectivity index (χ0) is 17.3. The monoisotopic (exact) mass is 387 g/mol. The second-order valence-corrected chi connectivity index (χ2v) is 8.88. The lowest BCUT2D eigenvalue weighted by Crippen LogP contribution is -2.35. The van der Waals surface area contributed by atoms with Gasteiger partial charge in [0.05, 0.1) is 6.26 Å². The van der Waals surface area contributed by atoms with Crippen molar-refractivity contribution >= 4 is 34.0 Å². The highest BCUT2D eigenvalue weighted by Crippen LogP contribution is 2.29. The second-order valence-electron chi connectivity index (χ2n) is 6.90.